The first kappa shape index (κ1) is 15.1. The molecule has 0 unspecified atom stereocenters. The zero-order chi connectivity index (χ0) is 14.5. The number of halogens is 1. The molecule has 1 atom stereocenters. The molecule has 2 aromatic rings. The van der Waals surface area contributed by atoms with Crippen LogP contribution in [-0.4, -0.2) is 7.11 Å². The minimum absolute atomic E-state index is 0.283. The van der Waals surface area contributed by atoms with E-state index in [4.69, 9.17) is 4.74 Å². The maximum Gasteiger partial charge on any atom is 0.119 e. The first-order valence-electron chi connectivity index (χ1n) is 6.72. The highest BCUT2D eigenvalue weighted by Gasteiger charge is 2.06. The van der Waals surface area contributed by atoms with E-state index in [1.54, 1.807) is 7.11 Å². The van der Waals surface area contributed by atoms with Gasteiger partial charge in [0.25, 0.3) is 0 Å². The summed E-state index contributed by atoms with van der Waals surface area (Å²) < 4.78 is 6.42. The smallest absolute Gasteiger partial charge is 0.119 e. The quantitative estimate of drug-likeness (QED) is 0.862. The lowest BCUT2D eigenvalue weighted by Gasteiger charge is -2.15. The Morgan fingerprint density at radius 2 is 2.00 bits per heavy atom. The number of hydrogen-bond donors (Lipinski definition) is 1. The number of hydrogen-bond acceptors (Lipinski definition) is 2. The Morgan fingerprint density at radius 1 is 1.20 bits per heavy atom. The van der Waals surface area contributed by atoms with Gasteiger partial charge in [0.05, 0.1) is 7.11 Å². The first-order chi connectivity index (χ1) is 9.60. The molecule has 0 aliphatic carbocycles. The lowest BCUT2D eigenvalue weighted by atomic mass is 10.1. The fourth-order valence-electron chi connectivity index (χ4n) is 2.05. The summed E-state index contributed by atoms with van der Waals surface area (Å²) in [6.07, 6.45) is 0. The van der Waals surface area contributed by atoms with Crippen LogP contribution in [0.15, 0.2) is 46.9 Å². The SMILES string of the molecule is COc1cccc([C@H](C)NCc2ccc(C)c(Br)c2)c1. The summed E-state index contributed by atoms with van der Waals surface area (Å²) >= 11 is 3.57. The first-order valence-corrected chi connectivity index (χ1v) is 7.52. The highest BCUT2D eigenvalue weighted by Crippen LogP contribution is 2.20. The molecule has 0 bridgehead atoms. The fourth-order valence-corrected chi connectivity index (χ4v) is 2.47. The van der Waals surface area contributed by atoms with E-state index in [0.29, 0.717) is 0 Å². The summed E-state index contributed by atoms with van der Waals surface area (Å²) in [7, 11) is 1.70. The third-order valence-electron chi connectivity index (χ3n) is 3.44. The second-order valence-electron chi connectivity index (χ2n) is 4.96. The Labute approximate surface area is 129 Å². The summed E-state index contributed by atoms with van der Waals surface area (Å²) in [5, 5.41) is 3.54. The molecule has 106 valence electrons. The summed E-state index contributed by atoms with van der Waals surface area (Å²) in [6.45, 7) is 5.11. The van der Waals surface area contributed by atoms with Crippen molar-refractivity contribution in [3.05, 3.63) is 63.6 Å². The maximum absolute atomic E-state index is 5.26. The lowest BCUT2D eigenvalue weighted by Crippen LogP contribution is -2.18. The van der Waals surface area contributed by atoms with Gasteiger partial charge in [-0.1, -0.05) is 40.2 Å². The molecule has 0 heterocycles. The monoisotopic (exact) mass is 333 g/mol. The van der Waals surface area contributed by atoms with Crippen LogP contribution < -0.4 is 10.1 Å². The van der Waals surface area contributed by atoms with Crippen molar-refractivity contribution in [1.29, 1.82) is 0 Å². The molecule has 2 aromatic carbocycles. The average molecular weight is 334 g/mol. The summed E-state index contributed by atoms with van der Waals surface area (Å²) in [6, 6.07) is 14.9. The van der Waals surface area contributed by atoms with Crippen LogP contribution in [0.25, 0.3) is 0 Å². The van der Waals surface area contributed by atoms with Gasteiger partial charge in [-0.25, -0.2) is 0 Å². The van der Waals surface area contributed by atoms with E-state index in [1.807, 2.05) is 12.1 Å². The molecule has 2 nitrogen and oxygen atoms in total. The molecule has 0 spiro atoms. The van der Waals surface area contributed by atoms with Gasteiger partial charge in [0.15, 0.2) is 0 Å². The molecule has 0 fully saturated rings. The van der Waals surface area contributed by atoms with Crippen LogP contribution in [0.2, 0.25) is 0 Å². The average Bonchev–Trinajstić information content (AvgIpc) is 2.48. The van der Waals surface area contributed by atoms with E-state index in [2.05, 4.69) is 65.4 Å². The fraction of sp³-hybridized carbons (Fsp3) is 0.294. The molecule has 2 rings (SSSR count). The van der Waals surface area contributed by atoms with Crippen molar-refractivity contribution in [2.45, 2.75) is 26.4 Å². The van der Waals surface area contributed by atoms with E-state index < -0.39 is 0 Å². The van der Waals surface area contributed by atoms with Gasteiger partial charge < -0.3 is 10.1 Å². The van der Waals surface area contributed by atoms with Gasteiger partial charge in [-0.2, -0.15) is 0 Å². The Kier molecular flexibility index (Phi) is 5.21. The number of aryl methyl sites for hydroxylation is 1. The van der Waals surface area contributed by atoms with Crippen LogP contribution in [-0.2, 0) is 6.54 Å². The maximum atomic E-state index is 5.26. The molecule has 0 saturated heterocycles. The van der Waals surface area contributed by atoms with Crippen LogP contribution in [0.5, 0.6) is 5.75 Å². The lowest BCUT2D eigenvalue weighted by molar-refractivity contribution is 0.413. The summed E-state index contributed by atoms with van der Waals surface area (Å²) in [4.78, 5) is 0. The number of rotatable bonds is 5. The van der Waals surface area contributed by atoms with Crippen molar-refractivity contribution >= 4 is 15.9 Å². The molecule has 0 aliphatic heterocycles. The predicted octanol–water partition coefficient (Wildman–Crippen LogP) is 4.62. The molecule has 0 amide bonds. The third kappa shape index (κ3) is 3.84. The summed E-state index contributed by atoms with van der Waals surface area (Å²) in [5.41, 5.74) is 3.77. The minimum Gasteiger partial charge on any atom is -0.497 e. The normalized spacial score (nSPS) is 12.2. The molecule has 1 N–H and O–H groups in total. The minimum atomic E-state index is 0.283. The zero-order valence-corrected chi connectivity index (χ0v) is 13.7. The van der Waals surface area contributed by atoms with Crippen molar-refractivity contribution in [3.63, 3.8) is 0 Å². The number of benzene rings is 2. The highest BCUT2D eigenvalue weighted by molar-refractivity contribution is 9.10. The van der Waals surface area contributed by atoms with Gasteiger partial charge in [-0.15, -0.1) is 0 Å². The van der Waals surface area contributed by atoms with Crippen molar-refractivity contribution in [2.75, 3.05) is 7.11 Å². The van der Waals surface area contributed by atoms with E-state index in [9.17, 15) is 0 Å². The van der Waals surface area contributed by atoms with Gasteiger partial charge in [-0.05, 0) is 48.7 Å². The second-order valence-corrected chi connectivity index (χ2v) is 5.82. The van der Waals surface area contributed by atoms with Gasteiger partial charge in [0.2, 0.25) is 0 Å². The van der Waals surface area contributed by atoms with Crippen LogP contribution in [0.1, 0.15) is 29.7 Å². The van der Waals surface area contributed by atoms with E-state index in [1.165, 1.54) is 16.7 Å². The molecule has 0 radical (unpaired) electrons. The van der Waals surface area contributed by atoms with E-state index in [0.717, 1.165) is 16.8 Å². The topological polar surface area (TPSA) is 21.3 Å². The van der Waals surface area contributed by atoms with Gasteiger partial charge in [-0.3, -0.25) is 0 Å². The number of ether oxygens (including phenoxy) is 1. The molecular weight excluding hydrogens is 314 g/mol. The third-order valence-corrected chi connectivity index (χ3v) is 4.30. The van der Waals surface area contributed by atoms with E-state index >= 15 is 0 Å². The predicted molar refractivity (Wildman–Crippen MR) is 87.1 cm³/mol. The van der Waals surface area contributed by atoms with Crippen molar-refractivity contribution in [3.8, 4) is 5.75 Å². The Morgan fingerprint density at radius 3 is 2.70 bits per heavy atom. The van der Waals surface area contributed by atoms with Crippen LogP contribution in [0.3, 0.4) is 0 Å². The van der Waals surface area contributed by atoms with Crippen molar-refractivity contribution < 1.29 is 4.74 Å². The molecular formula is C17H20BrNO. The van der Waals surface area contributed by atoms with Crippen molar-refractivity contribution in [1.82, 2.24) is 5.32 Å². The number of nitrogens with one attached hydrogen (secondary N) is 1. The van der Waals surface area contributed by atoms with E-state index in [-0.39, 0.29) is 6.04 Å². The standard InChI is InChI=1S/C17H20BrNO/c1-12-7-8-14(9-17(12)18)11-19-13(2)15-5-4-6-16(10-15)20-3/h4-10,13,19H,11H2,1-3H3/t13-/m0/s1. The van der Waals surface area contributed by atoms with Gasteiger partial charge in [0.1, 0.15) is 5.75 Å². The second kappa shape index (κ2) is 6.91. The number of methoxy groups -OCH3 is 1. The van der Waals surface area contributed by atoms with Crippen LogP contribution in [0.4, 0.5) is 0 Å². The van der Waals surface area contributed by atoms with Crippen LogP contribution >= 0.6 is 15.9 Å². The molecule has 20 heavy (non-hydrogen) atoms. The highest BCUT2D eigenvalue weighted by atomic mass is 79.9. The molecule has 0 aromatic heterocycles. The molecule has 3 heteroatoms. The van der Waals surface area contributed by atoms with Gasteiger partial charge in [0, 0.05) is 17.1 Å². The Bertz CT molecular complexity index is 583. The zero-order valence-electron chi connectivity index (χ0n) is 12.1. The van der Waals surface area contributed by atoms with Crippen LogP contribution in [0, 0.1) is 6.92 Å². The Balaban J connectivity index is 2.00. The molecule has 0 aliphatic rings. The summed E-state index contributed by atoms with van der Waals surface area (Å²) in [5.74, 6) is 0.897. The van der Waals surface area contributed by atoms with Gasteiger partial charge >= 0.3 is 0 Å². The molecule has 0 saturated carbocycles. The largest absolute Gasteiger partial charge is 0.497 e. The Hall–Kier alpha value is -1.32. The van der Waals surface area contributed by atoms with Crippen molar-refractivity contribution in [2.24, 2.45) is 0 Å².